The molecule has 0 unspecified atom stereocenters. The van der Waals surface area contributed by atoms with E-state index in [0.29, 0.717) is 23.8 Å². The number of nitrogens with zero attached hydrogens (tertiary/aromatic N) is 1. The van der Waals surface area contributed by atoms with Gasteiger partial charge < -0.3 is 29.2 Å². The summed E-state index contributed by atoms with van der Waals surface area (Å²) in [5.74, 6) is 1.98. The minimum atomic E-state index is 0.620. The van der Waals surface area contributed by atoms with Crippen molar-refractivity contribution < 1.29 is 18.9 Å². The van der Waals surface area contributed by atoms with Crippen molar-refractivity contribution in [1.82, 2.24) is 5.32 Å². The topological polar surface area (TPSA) is 52.2 Å². The fourth-order valence-corrected chi connectivity index (χ4v) is 3.29. The highest BCUT2D eigenvalue weighted by atomic mass is 16.5. The van der Waals surface area contributed by atoms with E-state index in [1.54, 1.807) is 21.3 Å². The second kappa shape index (κ2) is 9.48. The van der Waals surface area contributed by atoms with Gasteiger partial charge in [-0.3, -0.25) is 0 Å². The molecule has 1 aliphatic rings. The van der Waals surface area contributed by atoms with Crippen LogP contribution < -0.4 is 24.4 Å². The first-order chi connectivity index (χ1) is 13.3. The molecule has 1 saturated heterocycles. The molecule has 2 aromatic rings. The fraction of sp³-hybridized carbons (Fsp3) is 0.429. The van der Waals surface area contributed by atoms with Crippen molar-refractivity contribution >= 4 is 5.69 Å². The van der Waals surface area contributed by atoms with Crippen LogP contribution in [0, 0.1) is 0 Å². The average Bonchev–Trinajstić information content (AvgIpc) is 2.74. The Morgan fingerprint density at radius 1 is 0.852 bits per heavy atom. The summed E-state index contributed by atoms with van der Waals surface area (Å²) in [6.07, 6.45) is 0. The van der Waals surface area contributed by atoms with Crippen LogP contribution in [-0.2, 0) is 17.8 Å². The molecule has 1 fully saturated rings. The maximum Gasteiger partial charge on any atom is 0.203 e. The van der Waals surface area contributed by atoms with E-state index in [1.165, 1.54) is 11.3 Å². The lowest BCUT2D eigenvalue weighted by Gasteiger charge is -2.28. The predicted octanol–water partition coefficient (Wildman–Crippen LogP) is 2.84. The van der Waals surface area contributed by atoms with Crippen LogP contribution in [0.5, 0.6) is 17.2 Å². The number of benzene rings is 2. The molecule has 6 heteroatoms. The highest BCUT2D eigenvalue weighted by molar-refractivity contribution is 5.55. The van der Waals surface area contributed by atoms with Gasteiger partial charge in [-0.25, -0.2) is 0 Å². The Morgan fingerprint density at radius 3 is 2.19 bits per heavy atom. The van der Waals surface area contributed by atoms with Crippen LogP contribution in [-0.4, -0.2) is 47.6 Å². The largest absolute Gasteiger partial charge is 0.493 e. The zero-order chi connectivity index (χ0) is 19.1. The first-order valence-electron chi connectivity index (χ1n) is 9.17. The Bertz CT molecular complexity index is 728. The Kier molecular flexibility index (Phi) is 6.79. The molecule has 146 valence electrons. The lowest BCUT2D eigenvalue weighted by atomic mass is 10.1. The second-order valence-corrected chi connectivity index (χ2v) is 6.36. The summed E-state index contributed by atoms with van der Waals surface area (Å²) in [5, 5.41) is 3.47. The molecule has 1 heterocycles. The highest BCUT2D eigenvalue weighted by Crippen LogP contribution is 2.39. The number of hydrogen-bond donors (Lipinski definition) is 1. The lowest BCUT2D eigenvalue weighted by molar-refractivity contribution is 0.122. The van der Waals surface area contributed by atoms with Crippen LogP contribution in [0.2, 0.25) is 0 Å². The summed E-state index contributed by atoms with van der Waals surface area (Å²) in [6, 6.07) is 12.6. The standard InChI is InChI=1S/C21H28N2O4/c1-24-19-9-6-17(20(25-2)21(19)26-3)15-22-14-16-4-7-18(8-5-16)23-10-12-27-13-11-23/h4-9,22H,10-15H2,1-3H3. The molecular formula is C21H28N2O4. The van der Waals surface area contributed by atoms with Gasteiger partial charge in [-0.1, -0.05) is 18.2 Å². The summed E-state index contributed by atoms with van der Waals surface area (Å²) in [4.78, 5) is 2.36. The molecule has 0 radical (unpaired) electrons. The molecule has 1 N–H and O–H groups in total. The number of methoxy groups -OCH3 is 3. The first kappa shape index (κ1) is 19.3. The van der Waals surface area contributed by atoms with E-state index >= 15 is 0 Å². The van der Waals surface area contributed by atoms with Gasteiger partial charge in [0.15, 0.2) is 11.5 Å². The van der Waals surface area contributed by atoms with Crippen LogP contribution in [0.15, 0.2) is 36.4 Å². The monoisotopic (exact) mass is 372 g/mol. The van der Waals surface area contributed by atoms with E-state index in [1.807, 2.05) is 12.1 Å². The van der Waals surface area contributed by atoms with Gasteiger partial charge in [0, 0.05) is 37.4 Å². The van der Waals surface area contributed by atoms with Crippen LogP contribution >= 0.6 is 0 Å². The SMILES string of the molecule is COc1ccc(CNCc2ccc(N3CCOCC3)cc2)c(OC)c1OC. The average molecular weight is 372 g/mol. The van der Waals surface area contributed by atoms with E-state index in [-0.39, 0.29) is 0 Å². The van der Waals surface area contributed by atoms with Crippen molar-refractivity contribution in [3.63, 3.8) is 0 Å². The van der Waals surface area contributed by atoms with Gasteiger partial charge in [-0.05, 0) is 23.8 Å². The molecule has 0 saturated carbocycles. The molecule has 6 nitrogen and oxygen atoms in total. The lowest BCUT2D eigenvalue weighted by Crippen LogP contribution is -2.36. The second-order valence-electron chi connectivity index (χ2n) is 6.36. The van der Waals surface area contributed by atoms with Crippen molar-refractivity contribution in [1.29, 1.82) is 0 Å². The molecule has 27 heavy (non-hydrogen) atoms. The number of hydrogen-bond acceptors (Lipinski definition) is 6. The summed E-state index contributed by atoms with van der Waals surface area (Å²) in [6.45, 7) is 4.97. The Morgan fingerprint density at radius 2 is 1.56 bits per heavy atom. The van der Waals surface area contributed by atoms with E-state index < -0.39 is 0 Å². The van der Waals surface area contributed by atoms with Crippen molar-refractivity contribution in [3.05, 3.63) is 47.5 Å². The number of morpholine rings is 1. The molecule has 0 atom stereocenters. The van der Waals surface area contributed by atoms with Gasteiger partial charge in [-0.15, -0.1) is 0 Å². The third kappa shape index (κ3) is 4.64. The van der Waals surface area contributed by atoms with E-state index in [9.17, 15) is 0 Å². The highest BCUT2D eigenvalue weighted by Gasteiger charge is 2.15. The molecule has 0 spiro atoms. The van der Waals surface area contributed by atoms with E-state index in [2.05, 4.69) is 34.5 Å². The van der Waals surface area contributed by atoms with Crippen molar-refractivity contribution in [3.8, 4) is 17.2 Å². The third-order valence-corrected chi connectivity index (χ3v) is 4.74. The van der Waals surface area contributed by atoms with Crippen molar-refractivity contribution in [2.45, 2.75) is 13.1 Å². The van der Waals surface area contributed by atoms with Gasteiger partial charge >= 0.3 is 0 Å². The zero-order valence-electron chi connectivity index (χ0n) is 16.3. The summed E-state index contributed by atoms with van der Waals surface area (Å²) in [5.41, 5.74) is 3.52. The minimum absolute atomic E-state index is 0.620. The minimum Gasteiger partial charge on any atom is -0.493 e. The van der Waals surface area contributed by atoms with E-state index in [0.717, 1.165) is 38.4 Å². The predicted molar refractivity (Wildman–Crippen MR) is 106 cm³/mol. The number of anilines is 1. The van der Waals surface area contributed by atoms with Crippen LogP contribution in [0.3, 0.4) is 0 Å². The molecule has 0 bridgehead atoms. The Labute approximate surface area is 161 Å². The van der Waals surface area contributed by atoms with Crippen LogP contribution in [0.1, 0.15) is 11.1 Å². The third-order valence-electron chi connectivity index (χ3n) is 4.74. The summed E-state index contributed by atoms with van der Waals surface area (Å²) >= 11 is 0. The maximum atomic E-state index is 5.53. The number of nitrogens with one attached hydrogen (secondary N) is 1. The van der Waals surface area contributed by atoms with Crippen molar-refractivity contribution in [2.24, 2.45) is 0 Å². The molecule has 0 aliphatic carbocycles. The molecule has 3 rings (SSSR count). The van der Waals surface area contributed by atoms with Gasteiger partial charge in [0.05, 0.1) is 34.5 Å². The molecule has 0 aromatic heterocycles. The maximum absolute atomic E-state index is 5.53. The summed E-state index contributed by atoms with van der Waals surface area (Å²) in [7, 11) is 4.88. The van der Waals surface area contributed by atoms with Crippen LogP contribution in [0.4, 0.5) is 5.69 Å². The van der Waals surface area contributed by atoms with Crippen molar-refractivity contribution in [2.75, 3.05) is 52.5 Å². The normalized spacial score (nSPS) is 14.1. The van der Waals surface area contributed by atoms with Gasteiger partial charge in [-0.2, -0.15) is 0 Å². The molecular weight excluding hydrogens is 344 g/mol. The smallest absolute Gasteiger partial charge is 0.203 e. The Hall–Kier alpha value is -2.44. The molecule has 1 aliphatic heterocycles. The fourth-order valence-electron chi connectivity index (χ4n) is 3.29. The van der Waals surface area contributed by atoms with Gasteiger partial charge in [0.2, 0.25) is 5.75 Å². The van der Waals surface area contributed by atoms with Crippen LogP contribution in [0.25, 0.3) is 0 Å². The number of ether oxygens (including phenoxy) is 4. The zero-order valence-corrected chi connectivity index (χ0v) is 16.3. The quantitative estimate of drug-likeness (QED) is 0.769. The van der Waals surface area contributed by atoms with Gasteiger partial charge in [0.1, 0.15) is 0 Å². The Balaban J connectivity index is 1.59. The van der Waals surface area contributed by atoms with Gasteiger partial charge in [0.25, 0.3) is 0 Å². The first-order valence-corrected chi connectivity index (χ1v) is 9.17. The molecule has 2 aromatic carbocycles. The summed E-state index contributed by atoms with van der Waals surface area (Å²) < 4.78 is 21.7. The van der Waals surface area contributed by atoms with E-state index in [4.69, 9.17) is 18.9 Å². The number of rotatable bonds is 8. The molecule has 0 amide bonds.